The van der Waals surface area contributed by atoms with Gasteiger partial charge < -0.3 is 15.3 Å². The quantitative estimate of drug-likeness (QED) is 0.296. The Balaban J connectivity index is 0.000000245. The maximum Gasteiger partial charge on any atom is 0.206 e. The average Bonchev–Trinajstić information content (AvgIpc) is 2.16. The molecule has 1 aromatic heterocycles. The van der Waals surface area contributed by atoms with Crippen LogP contribution in [0.1, 0.15) is 0 Å². The number of benzene rings is 1. The Bertz CT molecular complexity index is 469. The summed E-state index contributed by atoms with van der Waals surface area (Å²) < 4.78 is 1.56. The second kappa shape index (κ2) is 4.75. The van der Waals surface area contributed by atoms with Crippen molar-refractivity contribution in [3.8, 4) is 0 Å². The molecule has 1 aromatic carbocycles. The minimum absolute atomic E-state index is 1.16. The maximum absolute atomic E-state index is 8.25. The molecular weight excluding hydrogens is 198 g/mol. The van der Waals surface area contributed by atoms with Crippen molar-refractivity contribution < 1.29 is 9.76 Å². The summed E-state index contributed by atoms with van der Waals surface area (Å²) in [5, 5.41) is 17.1. The lowest BCUT2D eigenvalue weighted by molar-refractivity contribution is -0.637. The van der Waals surface area contributed by atoms with E-state index in [0.717, 1.165) is 5.39 Å². The van der Waals surface area contributed by atoms with Gasteiger partial charge in [-0.3, -0.25) is 0 Å². The number of fused-ring (bicyclic) bond motifs is 1. The van der Waals surface area contributed by atoms with Crippen LogP contribution in [0.4, 0.5) is 0 Å². The first kappa shape index (κ1) is 10.7. The fourth-order valence-electron chi connectivity index (χ4n) is 1.15. The van der Waals surface area contributed by atoms with Crippen LogP contribution < -0.4 is 10.5 Å². The average molecular weight is 207 g/mol. The smallest absolute Gasteiger partial charge is 0.206 e. The Morgan fingerprint density at radius 3 is 2.27 bits per heavy atom. The highest BCUT2D eigenvalue weighted by Gasteiger charge is 1.95. The van der Waals surface area contributed by atoms with E-state index in [0.29, 0.717) is 0 Å². The third-order valence-electron chi connectivity index (χ3n) is 1.71. The van der Waals surface area contributed by atoms with Crippen molar-refractivity contribution in [2.75, 3.05) is 5.84 Å². The molecule has 78 valence electrons. The zero-order valence-electron chi connectivity index (χ0n) is 7.74. The Hall–Kier alpha value is -2.37. The standard InChI is InChI=1S/C9H9N2.NO3/c10-11-6-5-8-3-1-2-4-9(8)7-11;2-1(3)4/h1-7H,10H2;/q+1;-1. The summed E-state index contributed by atoms with van der Waals surface area (Å²) in [6.07, 6.45) is 3.73. The molecule has 0 spiro atoms. The molecular formula is C9H9N3O3. The van der Waals surface area contributed by atoms with Gasteiger partial charge in [0.2, 0.25) is 6.20 Å². The summed E-state index contributed by atoms with van der Waals surface area (Å²) in [4.78, 5) is 8.25. The van der Waals surface area contributed by atoms with E-state index in [1.165, 1.54) is 5.39 Å². The Kier molecular flexibility index (Phi) is 3.39. The molecule has 0 saturated heterocycles. The van der Waals surface area contributed by atoms with E-state index in [2.05, 4.69) is 6.07 Å². The number of nitrogen functional groups attached to an aromatic ring is 1. The first-order valence-electron chi connectivity index (χ1n) is 4.06. The van der Waals surface area contributed by atoms with E-state index in [-0.39, 0.29) is 0 Å². The molecule has 0 bridgehead atoms. The van der Waals surface area contributed by atoms with Crippen LogP contribution in [0.15, 0.2) is 42.7 Å². The Labute approximate surface area is 85.3 Å². The zero-order chi connectivity index (χ0) is 11.3. The third kappa shape index (κ3) is 3.47. The summed E-state index contributed by atoms with van der Waals surface area (Å²) in [5.41, 5.74) is 0. The molecule has 1 heterocycles. The highest BCUT2D eigenvalue weighted by Crippen LogP contribution is 2.08. The molecule has 0 fully saturated rings. The van der Waals surface area contributed by atoms with Crippen LogP contribution in [0.5, 0.6) is 0 Å². The van der Waals surface area contributed by atoms with Crippen LogP contribution in [0.25, 0.3) is 10.8 Å². The normalized spacial score (nSPS) is 9.07. The van der Waals surface area contributed by atoms with Gasteiger partial charge in [0, 0.05) is 11.5 Å². The molecule has 0 aliphatic carbocycles. The Morgan fingerprint density at radius 1 is 1.13 bits per heavy atom. The van der Waals surface area contributed by atoms with Crippen molar-refractivity contribution in [2.45, 2.75) is 0 Å². The molecule has 0 atom stereocenters. The fraction of sp³-hybridized carbons (Fsp3) is 0. The summed E-state index contributed by atoms with van der Waals surface area (Å²) in [6, 6.07) is 10.1. The van der Waals surface area contributed by atoms with Gasteiger partial charge in [0.15, 0.2) is 6.20 Å². The molecule has 0 aliphatic heterocycles. The number of nitrogens with zero attached hydrogens (tertiary/aromatic N) is 2. The zero-order valence-corrected chi connectivity index (χ0v) is 7.74. The first-order valence-corrected chi connectivity index (χ1v) is 4.06. The van der Waals surface area contributed by atoms with E-state index < -0.39 is 5.09 Å². The van der Waals surface area contributed by atoms with Crippen LogP contribution in [-0.2, 0) is 0 Å². The molecule has 6 heteroatoms. The van der Waals surface area contributed by atoms with E-state index in [9.17, 15) is 0 Å². The van der Waals surface area contributed by atoms with Crippen molar-refractivity contribution >= 4 is 10.8 Å². The molecule has 6 nitrogen and oxygen atoms in total. The first-order chi connectivity index (χ1) is 7.09. The predicted octanol–water partition coefficient (Wildman–Crippen LogP) is 0.602. The van der Waals surface area contributed by atoms with Gasteiger partial charge >= 0.3 is 0 Å². The minimum atomic E-state index is -1.75. The highest BCUT2D eigenvalue weighted by molar-refractivity contribution is 5.80. The highest BCUT2D eigenvalue weighted by atomic mass is 16.9. The van der Waals surface area contributed by atoms with Crippen molar-refractivity contribution in [3.63, 3.8) is 0 Å². The van der Waals surface area contributed by atoms with Gasteiger partial charge in [0.05, 0.1) is 5.09 Å². The van der Waals surface area contributed by atoms with Crippen LogP contribution in [-0.4, -0.2) is 5.09 Å². The lowest BCUT2D eigenvalue weighted by Crippen LogP contribution is -2.43. The summed E-state index contributed by atoms with van der Waals surface area (Å²) in [5.74, 6) is 5.54. The van der Waals surface area contributed by atoms with E-state index in [4.69, 9.17) is 21.2 Å². The number of hydrogen-bond donors (Lipinski definition) is 1. The molecule has 2 rings (SSSR count). The van der Waals surface area contributed by atoms with Crippen molar-refractivity contribution in [1.29, 1.82) is 0 Å². The van der Waals surface area contributed by atoms with E-state index in [1.54, 1.807) is 4.68 Å². The lowest BCUT2D eigenvalue weighted by Gasteiger charge is -1.91. The predicted molar refractivity (Wildman–Crippen MR) is 54.7 cm³/mol. The van der Waals surface area contributed by atoms with Gasteiger partial charge in [-0.2, -0.15) is 0 Å². The van der Waals surface area contributed by atoms with E-state index in [1.807, 2.05) is 36.7 Å². The minimum Gasteiger partial charge on any atom is -0.356 e. The molecule has 0 aliphatic rings. The molecule has 2 aromatic rings. The van der Waals surface area contributed by atoms with Crippen LogP contribution >= 0.6 is 0 Å². The SMILES string of the molecule is N[n+]1ccc2ccccc2c1.O=[N+]([O-])[O-]. The second-order valence-electron chi connectivity index (χ2n) is 2.74. The molecule has 0 saturated carbocycles. The topological polar surface area (TPSA) is 96.1 Å². The number of rotatable bonds is 0. The Morgan fingerprint density at radius 2 is 1.67 bits per heavy atom. The summed E-state index contributed by atoms with van der Waals surface area (Å²) in [7, 11) is 0. The van der Waals surface area contributed by atoms with Gasteiger partial charge in [-0.05, 0) is 11.5 Å². The number of aromatic nitrogens is 1. The van der Waals surface area contributed by atoms with E-state index >= 15 is 0 Å². The number of hydrogen-bond acceptors (Lipinski definition) is 4. The largest absolute Gasteiger partial charge is 0.356 e. The van der Waals surface area contributed by atoms with Gasteiger partial charge in [0.1, 0.15) is 0 Å². The van der Waals surface area contributed by atoms with Gasteiger partial charge in [-0.15, -0.1) is 0 Å². The van der Waals surface area contributed by atoms with Gasteiger partial charge in [-0.1, -0.05) is 22.9 Å². The molecule has 2 N–H and O–H groups in total. The monoisotopic (exact) mass is 207 g/mol. The van der Waals surface area contributed by atoms with Crippen molar-refractivity contribution in [1.82, 2.24) is 0 Å². The second-order valence-corrected chi connectivity index (χ2v) is 2.74. The van der Waals surface area contributed by atoms with Crippen molar-refractivity contribution in [3.05, 3.63) is 58.0 Å². The fourth-order valence-corrected chi connectivity index (χ4v) is 1.15. The number of nitrogens with two attached hydrogens (primary N) is 1. The van der Waals surface area contributed by atoms with Gasteiger partial charge in [-0.25, -0.2) is 5.84 Å². The molecule has 0 radical (unpaired) electrons. The number of pyridine rings is 1. The van der Waals surface area contributed by atoms with Gasteiger partial charge in [0.25, 0.3) is 0 Å². The molecule has 15 heavy (non-hydrogen) atoms. The maximum atomic E-state index is 8.25. The molecule has 0 unspecified atom stereocenters. The van der Waals surface area contributed by atoms with Crippen LogP contribution in [0, 0.1) is 15.3 Å². The molecule has 0 amide bonds. The van der Waals surface area contributed by atoms with Crippen LogP contribution in [0.3, 0.4) is 0 Å². The lowest BCUT2D eigenvalue weighted by atomic mass is 10.2. The summed E-state index contributed by atoms with van der Waals surface area (Å²) >= 11 is 0. The third-order valence-corrected chi connectivity index (χ3v) is 1.71. The van der Waals surface area contributed by atoms with Crippen molar-refractivity contribution in [2.24, 2.45) is 0 Å². The summed E-state index contributed by atoms with van der Waals surface area (Å²) in [6.45, 7) is 0. The van der Waals surface area contributed by atoms with Crippen LogP contribution in [0.2, 0.25) is 0 Å².